The first kappa shape index (κ1) is 14.5. The molecule has 0 saturated carbocycles. The summed E-state index contributed by atoms with van der Waals surface area (Å²) in [5, 5.41) is 12.3. The van der Waals surface area contributed by atoms with Gasteiger partial charge in [0.25, 0.3) is 0 Å². The number of nitrogens with zero attached hydrogens (tertiary/aromatic N) is 1. The molecule has 0 aromatic carbocycles. The van der Waals surface area contributed by atoms with E-state index in [1.54, 1.807) is 0 Å². The van der Waals surface area contributed by atoms with E-state index in [1.807, 2.05) is 13.8 Å². The van der Waals surface area contributed by atoms with Gasteiger partial charge in [-0.3, -0.25) is 0 Å². The lowest BCUT2D eigenvalue weighted by atomic mass is 9.89. The summed E-state index contributed by atoms with van der Waals surface area (Å²) in [4.78, 5) is 0. The summed E-state index contributed by atoms with van der Waals surface area (Å²) in [6, 6.07) is 2.34. The fraction of sp³-hybridized carbons (Fsp3) is 0.923. The van der Waals surface area contributed by atoms with E-state index in [0.717, 1.165) is 25.9 Å². The predicted octanol–water partition coefficient (Wildman–Crippen LogP) is 3.34. The van der Waals surface area contributed by atoms with E-state index < -0.39 is 0 Å². The lowest BCUT2D eigenvalue weighted by Crippen LogP contribution is -2.27. The molecule has 0 spiro atoms. The summed E-state index contributed by atoms with van der Waals surface area (Å²) in [5.74, 6) is 0. The first-order valence-electron chi connectivity index (χ1n) is 5.89. The minimum Gasteiger partial charge on any atom is -0.316 e. The van der Waals surface area contributed by atoms with Crippen molar-refractivity contribution < 1.29 is 0 Å². The van der Waals surface area contributed by atoms with Gasteiger partial charge in [0.05, 0.1) is 11.5 Å². The van der Waals surface area contributed by atoms with Crippen molar-refractivity contribution in [2.24, 2.45) is 10.8 Å². The molecule has 0 aromatic heterocycles. The highest BCUT2D eigenvalue weighted by Crippen LogP contribution is 2.21. The minimum absolute atomic E-state index is 0.149. The summed E-state index contributed by atoms with van der Waals surface area (Å²) in [5.41, 5.74) is 0.218. The van der Waals surface area contributed by atoms with E-state index in [9.17, 15) is 0 Å². The van der Waals surface area contributed by atoms with E-state index in [4.69, 9.17) is 5.26 Å². The third-order valence-corrected chi connectivity index (χ3v) is 2.36. The van der Waals surface area contributed by atoms with Crippen LogP contribution in [-0.2, 0) is 0 Å². The van der Waals surface area contributed by atoms with Gasteiger partial charge >= 0.3 is 0 Å². The summed E-state index contributed by atoms with van der Waals surface area (Å²) < 4.78 is 0. The SMILES string of the molecule is CC(C)(C)CNCCCCC(C)(C)C#N. The van der Waals surface area contributed by atoms with Crippen molar-refractivity contribution in [1.29, 1.82) is 5.26 Å². The van der Waals surface area contributed by atoms with Gasteiger partial charge < -0.3 is 5.32 Å². The van der Waals surface area contributed by atoms with Gasteiger partial charge in [-0.1, -0.05) is 27.2 Å². The van der Waals surface area contributed by atoms with Crippen LogP contribution in [0.4, 0.5) is 0 Å². The average Bonchev–Trinajstić information content (AvgIpc) is 2.09. The van der Waals surface area contributed by atoms with Crippen molar-refractivity contribution in [1.82, 2.24) is 5.32 Å². The fourth-order valence-electron chi connectivity index (χ4n) is 1.34. The van der Waals surface area contributed by atoms with Crippen molar-refractivity contribution in [3.63, 3.8) is 0 Å². The van der Waals surface area contributed by atoms with E-state index in [1.165, 1.54) is 6.42 Å². The molecule has 0 aliphatic carbocycles. The Morgan fingerprint density at radius 1 is 1.07 bits per heavy atom. The molecule has 0 saturated heterocycles. The van der Waals surface area contributed by atoms with Crippen LogP contribution in [0.25, 0.3) is 0 Å². The Morgan fingerprint density at radius 2 is 1.67 bits per heavy atom. The highest BCUT2D eigenvalue weighted by molar-refractivity contribution is 4.91. The van der Waals surface area contributed by atoms with Gasteiger partial charge in [0.15, 0.2) is 0 Å². The zero-order chi connectivity index (χ0) is 11.9. The Bertz CT molecular complexity index is 206. The van der Waals surface area contributed by atoms with Crippen molar-refractivity contribution in [3.8, 4) is 6.07 Å². The molecule has 0 bridgehead atoms. The monoisotopic (exact) mass is 210 g/mol. The van der Waals surface area contributed by atoms with Crippen molar-refractivity contribution in [3.05, 3.63) is 0 Å². The molecular weight excluding hydrogens is 184 g/mol. The summed E-state index contributed by atoms with van der Waals surface area (Å²) in [6.07, 6.45) is 3.31. The first-order chi connectivity index (χ1) is 6.77. The maximum absolute atomic E-state index is 8.84. The molecule has 0 aliphatic rings. The Balaban J connectivity index is 3.38. The first-order valence-corrected chi connectivity index (χ1v) is 5.89. The predicted molar refractivity (Wildman–Crippen MR) is 65.6 cm³/mol. The number of unbranched alkanes of at least 4 members (excludes halogenated alkanes) is 1. The molecule has 0 amide bonds. The highest BCUT2D eigenvalue weighted by Gasteiger charge is 2.15. The summed E-state index contributed by atoms with van der Waals surface area (Å²) in [7, 11) is 0. The Kier molecular flexibility index (Phi) is 5.90. The molecule has 0 rings (SSSR count). The number of hydrogen-bond donors (Lipinski definition) is 1. The minimum atomic E-state index is -0.149. The molecule has 0 fully saturated rings. The second kappa shape index (κ2) is 6.12. The molecule has 0 aromatic rings. The van der Waals surface area contributed by atoms with Crippen LogP contribution in [0.5, 0.6) is 0 Å². The Hall–Kier alpha value is -0.550. The molecule has 0 heterocycles. The molecule has 0 unspecified atom stereocenters. The number of nitriles is 1. The molecule has 1 N–H and O–H groups in total. The van der Waals surface area contributed by atoms with Crippen LogP contribution in [0, 0.1) is 22.2 Å². The topological polar surface area (TPSA) is 35.8 Å². The standard InChI is InChI=1S/C13H26N2/c1-12(2,3)11-15-9-7-6-8-13(4,5)10-14/h15H,6-9,11H2,1-5H3. The van der Waals surface area contributed by atoms with Gasteiger partial charge in [-0.25, -0.2) is 0 Å². The van der Waals surface area contributed by atoms with Crippen molar-refractivity contribution in [2.45, 2.75) is 53.9 Å². The Labute approximate surface area is 95.1 Å². The Morgan fingerprint density at radius 3 is 2.13 bits per heavy atom. The van der Waals surface area contributed by atoms with E-state index in [0.29, 0.717) is 5.41 Å². The number of hydrogen-bond acceptors (Lipinski definition) is 2. The zero-order valence-electron chi connectivity index (χ0n) is 11.0. The lowest BCUT2D eigenvalue weighted by Gasteiger charge is -2.19. The normalized spacial score (nSPS) is 12.5. The van der Waals surface area contributed by atoms with Gasteiger partial charge in [0, 0.05) is 0 Å². The van der Waals surface area contributed by atoms with Crippen LogP contribution in [-0.4, -0.2) is 13.1 Å². The molecule has 0 aliphatic heterocycles. The fourth-order valence-corrected chi connectivity index (χ4v) is 1.34. The van der Waals surface area contributed by atoms with Gasteiger partial charge in [0.1, 0.15) is 0 Å². The van der Waals surface area contributed by atoms with Gasteiger partial charge in [-0.2, -0.15) is 5.26 Å². The molecule has 0 atom stereocenters. The largest absolute Gasteiger partial charge is 0.316 e. The molecule has 2 nitrogen and oxygen atoms in total. The van der Waals surface area contributed by atoms with E-state index in [-0.39, 0.29) is 5.41 Å². The van der Waals surface area contributed by atoms with Crippen LogP contribution in [0.2, 0.25) is 0 Å². The molecule has 15 heavy (non-hydrogen) atoms. The maximum Gasteiger partial charge on any atom is 0.0683 e. The summed E-state index contributed by atoms with van der Waals surface area (Å²) >= 11 is 0. The maximum atomic E-state index is 8.84. The van der Waals surface area contributed by atoms with E-state index >= 15 is 0 Å². The van der Waals surface area contributed by atoms with Crippen LogP contribution in [0.3, 0.4) is 0 Å². The van der Waals surface area contributed by atoms with Crippen molar-refractivity contribution >= 4 is 0 Å². The smallest absolute Gasteiger partial charge is 0.0683 e. The third kappa shape index (κ3) is 9.75. The molecule has 88 valence electrons. The number of nitrogens with one attached hydrogen (secondary N) is 1. The van der Waals surface area contributed by atoms with Crippen LogP contribution >= 0.6 is 0 Å². The average molecular weight is 210 g/mol. The van der Waals surface area contributed by atoms with Gasteiger partial charge in [-0.05, 0) is 45.2 Å². The molecular formula is C13H26N2. The summed E-state index contributed by atoms with van der Waals surface area (Å²) in [6.45, 7) is 12.9. The third-order valence-electron chi connectivity index (χ3n) is 2.36. The van der Waals surface area contributed by atoms with E-state index in [2.05, 4.69) is 32.2 Å². The van der Waals surface area contributed by atoms with Gasteiger partial charge in [-0.15, -0.1) is 0 Å². The van der Waals surface area contributed by atoms with Crippen LogP contribution in [0.1, 0.15) is 53.9 Å². The quantitative estimate of drug-likeness (QED) is 0.682. The van der Waals surface area contributed by atoms with Gasteiger partial charge in [0.2, 0.25) is 0 Å². The van der Waals surface area contributed by atoms with Crippen molar-refractivity contribution in [2.75, 3.05) is 13.1 Å². The zero-order valence-corrected chi connectivity index (χ0v) is 11.0. The number of rotatable bonds is 6. The lowest BCUT2D eigenvalue weighted by molar-refractivity contribution is 0.370. The van der Waals surface area contributed by atoms with Crippen LogP contribution in [0.15, 0.2) is 0 Å². The molecule has 0 radical (unpaired) electrons. The second-order valence-electron chi connectivity index (χ2n) is 6.19. The second-order valence-corrected chi connectivity index (χ2v) is 6.19. The molecule has 2 heteroatoms. The highest BCUT2D eigenvalue weighted by atomic mass is 14.9. The van der Waals surface area contributed by atoms with Crippen LogP contribution < -0.4 is 5.32 Å².